The van der Waals surface area contributed by atoms with Gasteiger partial charge in [0.05, 0.1) is 6.54 Å². The molecule has 0 saturated carbocycles. The third-order valence-electron chi connectivity index (χ3n) is 2.53. The SMILES string of the molecule is Cc1ncc(Br)c(=O)n1Cc1cc(N)cc(Br)c1. The molecule has 2 rings (SSSR count). The number of aromatic nitrogens is 2. The van der Waals surface area contributed by atoms with Crippen LogP contribution in [0.3, 0.4) is 0 Å². The molecule has 18 heavy (non-hydrogen) atoms. The zero-order chi connectivity index (χ0) is 13.3. The molecular formula is C12H11Br2N3O. The maximum atomic E-state index is 12.0. The van der Waals surface area contributed by atoms with E-state index in [-0.39, 0.29) is 5.56 Å². The average Bonchev–Trinajstić information content (AvgIpc) is 2.28. The van der Waals surface area contributed by atoms with E-state index in [0.29, 0.717) is 22.5 Å². The third-order valence-corrected chi connectivity index (χ3v) is 3.53. The number of aryl methyl sites for hydroxylation is 1. The van der Waals surface area contributed by atoms with Crippen molar-refractivity contribution >= 4 is 37.5 Å². The maximum absolute atomic E-state index is 12.0. The first-order chi connectivity index (χ1) is 8.47. The van der Waals surface area contributed by atoms with Gasteiger partial charge in [0, 0.05) is 16.4 Å². The molecule has 0 fully saturated rings. The summed E-state index contributed by atoms with van der Waals surface area (Å²) in [5.74, 6) is 0.668. The molecule has 0 aliphatic carbocycles. The fourth-order valence-corrected chi connectivity index (χ4v) is 2.56. The van der Waals surface area contributed by atoms with Crippen LogP contribution in [-0.2, 0) is 6.54 Å². The maximum Gasteiger partial charge on any atom is 0.268 e. The normalized spacial score (nSPS) is 10.6. The second-order valence-corrected chi connectivity index (χ2v) is 5.71. The van der Waals surface area contributed by atoms with Crippen LogP contribution in [0.25, 0.3) is 0 Å². The minimum atomic E-state index is -0.0963. The fraction of sp³-hybridized carbons (Fsp3) is 0.167. The zero-order valence-corrected chi connectivity index (χ0v) is 12.8. The van der Waals surface area contributed by atoms with Crippen LogP contribution in [-0.4, -0.2) is 9.55 Å². The first kappa shape index (κ1) is 13.3. The number of nitrogen functional groups attached to an aromatic ring is 1. The van der Waals surface area contributed by atoms with Crippen molar-refractivity contribution in [1.29, 1.82) is 0 Å². The Kier molecular flexibility index (Phi) is 3.87. The number of hydrogen-bond acceptors (Lipinski definition) is 3. The number of hydrogen-bond donors (Lipinski definition) is 1. The van der Waals surface area contributed by atoms with Crippen molar-refractivity contribution in [3.8, 4) is 0 Å². The Bertz CT molecular complexity index is 632. The molecule has 2 N–H and O–H groups in total. The van der Waals surface area contributed by atoms with E-state index in [4.69, 9.17) is 5.73 Å². The van der Waals surface area contributed by atoms with Gasteiger partial charge in [0.15, 0.2) is 0 Å². The number of nitrogens with zero attached hydrogens (tertiary/aromatic N) is 2. The van der Waals surface area contributed by atoms with Crippen LogP contribution in [0.5, 0.6) is 0 Å². The second-order valence-electron chi connectivity index (χ2n) is 3.94. The number of halogens is 2. The number of nitrogens with two attached hydrogens (primary N) is 1. The van der Waals surface area contributed by atoms with Gasteiger partial charge in [-0.2, -0.15) is 0 Å². The first-order valence-corrected chi connectivity index (χ1v) is 6.83. The molecule has 0 amide bonds. The van der Waals surface area contributed by atoms with Crippen molar-refractivity contribution in [2.24, 2.45) is 0 Å². The molecule has 0 spiro atoms. The van der Waals surface area contributed by atoms with Gasteiger partial charge < -0.3 is 5.73 Å². The quantitative estimate of drug-likeness (QED) is 0.824. The van der Waals surface area contributed by atoms with Gasteiger partial charge in [-0.15, -0.1) is 0 Å². The van der Waals surface area contributed by atoms with Crippen molar-refractivity contribution in [3.05, 3.63) is 55.1 Å². The minimum Gasteiger partial charge on any atom is -0.399 e. The summed E-state index contributed by atoms with van der Waals surface area (Å²) in [6.07, 6.45) is 1.52. The number of benzene rings is 1. The lowest BCUT2D eigenvalue weighted by Gasteiger charge is -2.10. The molecule has 0 radical (unpaired) electrons. The monoisotopic (exact) mass is 371 g/mol. The molecule has 0 unspecified atom stereocenters. The molecule has 0 aliphatic heterocycles. The highest BCUT2D eigenvalue weighted by atomic mass is 79.9. The molecule has 94 valence electrons. The Morgan fingerprint density at radius 2 is 2.06 bits per heavy atom. The van der Waals surface area contributed by atoms with E-state index in [1.54, 1.807) is 11.5 Å². The van der Waals surface area contributed by atoms with E-state index >= 15 is 0 Å². The van der Waals surface area contributed by atoms with Gasteiger partial charge in [-0.05, 0) is 46.6 Å². The van der Waals surface area contributed by atoms with Gasteiger partial charge in [0.2, 0.25) is 0 Å². The van der Waals surface area contributed by atoms with E-state index in [0.717, 1.165) is 10.0 Å². The molecular weight excluding hydrogens is 362 g/mol. The number of anilines is 1. The van der Waals surface area contributed by atoms with Gasteiger partial charge in [-0.25, -0.2) is 4.98 Å². The predicted molar refractivity (Wildman–Crippen MR) is 78.6 cm³/mol. The molecule has 6 heteroatoms. The standard InChI is InChI=1S/C12H11Br2N3O/c1-7-16-5-11(14)12(18)17(7)6-8-2-9(13)4-10(15)3-8/h2-5H,6,15H2,1H3. The van der Waals surface area contributed by atoms with Gasteiger partial charge in [-0.1, -0.05) is 15.9 Å². The summed E-state index contributed by atoms with van der Waals surface area (Å²) in [5.41, 5.74) is 7.29. The van der Waals surface area contributed by atoms with Crippen LogP contribution in [0.4, 0.5) is 5.69 Å². The largest absolute Gasteiger partial charge is 0.399 e. The van der Waals surface area contributed by atoms with E-state index in [2.05, 4.69) is 36.8 Å². The van der Waals surface area contributed by atoms with Gasteiger partial charge >= 0.3 is 0 Å². The van der Waals surface area contributed by atoms with Crippen molar-refractivity contribution < 1.29 is 0 Å². The van der Waals surface area contributed by atoms with Gasteiger partial charge in [0.1, 0.15) is 10.3 Å². The molecule has 1 aromatic carbocycles. The molecule has 0 bridgehead atoms. The Labute approximate surface area is 121 Å². The molecule has 4 nitrogen and oxygen atoms in total. The molecule has 0 atom stereocenters. The summed E-state index contributed by atoms with van der Waals surface area (Å²) in [5, 5.41) is 0. The van der Waals surface area contributed by atoms with Crippen LogP contribution in [0.1, 0.15) is 11.4 Å². The third kappa shape index (κ3) is 2.81. The van der Waals surface area contributed by atoms with Crippen molar-refractivity contribution in [3.63, 3.8) is 0 Å². The summed E-state index contributed by atoms with van der Waals surface area (Å²) in [4.78, 5) is 16.2. The van der Waals surface area contributed by atoms with Crippen molar-refractivity contribution in [2.75, 3.05) is 5.73 Å². The highest BCUT2D eigenvalue weighted by molar-refractivity contribution is 9.10. The summed E-state index contributed by atoms with van der Waals surface area (Å²) in [7, 11) is 0. The molecule has 2 aromatic rings. The lowest BCUT2D eigenvalue weighted by atomic mass is 10.2. The van der Waals surface area contributed by atoms with E-state index in [1.165, 1.54) is 6.20 Å². The lowest BCUT2D eigenvalue weighted by molar-refractivity contribution is 0.695. The van der Waals surface area contributed by atoms with Gasteiger partial charge in [0.25, 0.3) is 5.56 Å². The van der Waals surface area contributed by atoms with Crippen LogP contribution >= 0.6 is 31.9 Å². The van der Waals surface area contributed by atoms with Crippen molar-refractivity contribution in [1.82, 2.24) is 9.55 Å². The Balaban J connectivity index is 2.46. The van der Waals surface area contributed by atoms with E-state index < -0.39 is 0 Å². The van der Waals surface area contributed by atoms with Crippen molar-refractivity contribution in [2.45, 2.75) is 13.5 Å². The molecule has 1 heterocycles. The molecule has 0 saturated heterocycles. The minimum absolute atomic E-state index is 0.0963. The smallest absolute Gasteiger partial charge is 0.268 e. The fourth-order valence-electron chi connectivity index (χ4n) is 1.69. The summed E-state index contributed by atoms with van der Waals surface area (Å²) >= 11 is 6.58. The predicted octanol–water partition coefficient (Wildman–Crippen LogP) is 2.71. The number of rotatable bonds is 2. The molecule has 0 aliphatic rings. The van der Waals surface area contributed by atoms with Crippen LogP contribution < -0.4 is 11.3 Å². The van der Waals surface area contributed by atoms with E-state index in [9.17, 15) is 4.79 Å². The topological polar surface area (TPSA) is 60.9 Å². The Morgan fingerprint density at radius 3 is 2.72 bits per heavy atom. The highest BCUT2D eigenvalue weighted by Gasteiger charge is 2.07. The van der Waals surface area contributed by atoms with E-state index in [1.807, 2.05) is 18.2 Å². The molecule has 1 aromatic heterocycles. The zero-order valence-electron chi connectivity index (χ0n) is 9.65. The first-order valence-electron chi connectivity index (χ1n) is 5.24. The van der Waals surface area contributed by atoms with Crippen LogP contribution in [0.2, 0.25) is 0 Å². The van der Waals surface area contributed by atoms with Gasteiger partial charge in [-0.3, -0.25) is 9.36 Å². The lowest BCUT2D eigenvalue weighted by Crippen LogP contribution is -2.24. The van der Waals surface area contributed by atoms with Crippen LogP contribution in [0.15, 0.2) is 38.1 Å². The summed E-state index contributed by atoms with van der Waals surface area (Å²) in [6, 6.07) is 5.60. The summed E-state index contributed by atoms with van der Waals surface area (Å²) in [6.45, 7) is 2.25. The highest BCUT2D eigenvalue weighted by Crippen LogP contribution is 2.18. The summed E-state index contributed by atoms with van der Waals surface area (Å²) < 4.78 is 2.95. The second kappa shape index (κ2) is 5.24. The van der Waals surface area contributed by atoms with Crippen LogP contribution in [0, 0.1) is 6.92 Å². The Morgan fingerprint density at radius 1 is 1.33 bits per heavy atom. The Hall–Kier alpha value is -1.14. The average molecular weight is 373 g/mol.